The molecule has 7 heteroatoms. The van der Waals surface area contributed by atoms with E-state index in [-0.39, 0.29) is 13.2 Å². The van der Waals surface area contributed by atoms with Gasteiger partial charge in [0.25, 0.3) is 0 Å². The fraction of sp³-hybridized carbons (Fsp3) is 0.333. The van der Waals surface area contributed by atoms with E-state index >= 15 is 0 Å². The van der Waals surface area contributed by atoms with E-state index in [1.165, 1.54) is 0 Å². The Morgan fingerprint density at radius 3 is 2.79 bits per heavy atom. The van der Waals surface area contributed by atoms with Crippen molar-refractivity contribution in [2.24, 2.45) is 4.99 Å². The monoisotopic (exact) mass is 265 g/mol. The smallest absolute Gasteiger partial charge is 0.428 e. The van der Waals surface area contributed by atoms with Crippen LogP contribution in [0, 0.1) is 0 Å². The highest BCUT2D eigenvalue weighted by Gasteiger charge is 2.07. The van der Waals surface area contributed by atoms with Gasteiger partial charge in [0, 0.05) is 12.1 Å². The molecule has 0 aliphatic carbocycles. The van der Waals surface area contributed by atoms with Crippen molar-refractivity contribution >= 4 is 11.9 Å². The first-order chi connectivity index (χ1) is 9.25. The van der Waals surface area contributed by atoms with Crippen LogP contribution < -0.4 is 15.5 Å². The Morgan fingerprint density at radius 1 is 1.37 bits per heavy atom. The number of amidine groups is 1. The van der Waals surface area contributed by atoms with Gasteiger partial charge in [-0.1, -0.05) is 0 Å². The van der Waals surface area contributed by atoms with Crippen LogP contribution in [0.25, 0.3) is 0 Å². The number of hydroxylamine groups is 1. The fourth-order valence-electron chi connectivity index (χ4n) is 1.61. The first-order valence-corrected chi connectivity index (χ1v) is 5.88. The van der Waals surface area contributed by atoms with Crippen LogP contribution in [0.15, 0.2) is 29.3 Å². The summed E-state index contributed by atoms with van der Waals surface area (Å²) in [6.07, 6.45) is -1.23. The van der Waals surface area contributed by atoms with Gasteiger partial charge in [-0.15, -0.1) is 0 Å². The van der Waals surface area contributed by atoms with Gasteiger partial charge in [0.15, 0.2) is 0 Å². The molecular weight excluding hydrogens is 250 g/mol. The van der Waals surface area contributed by atoms with Gasteiger partial charge < -0.3 is 15.2 Å². The Bertz CT molecular complexity index is 459. The molecule has 1 heterocycles. The van der Waals surface area contributed by atoms with E-state index in [1.54, 1.807) is 5.48 Å². The topological polar surface area (TPSA) is 92.2 Å². The summed E-state index contributed by atoms with van der Waals surface area (Å²) in [5.74, 6) is 1.60. The highest BCUT2D eigenvalue weighted by molar-refractivity contribution is 5.99. The Kier molecular flexibility index (Phi) is 4.57. The minimum absolute atomic E-state index is 0.141. The summed E-state index contributed by atoms with van der Waals surface area (Å²) < 4.78 is 5.39. The first kappa shape index (κ1) is 13.2. The third-order valence-electron chi connectivity index (χ3n) is 2.42. The van der Waals surface area contributed by atoms with Crippen LogP contribution in [0.3, 0.4) is 0 Å². The Hall–Kier alpha value is -2.28. The molecule has 19 heavy (non-hydrogen) atoms. The number of nitrogens with one attached hydrogen (secondary N) is 2. The van der Waals surface area contributed by atoms with Crippen LogP contribution in [0.4, 0.5) is 4.79 Å². The summed E-state index contributed by atoms with van der Waals surface area (Å²) in [5.41, 5.74) is 2.81. The molecule has 0 unspecified atom stereocenters. The summed E-state index contributed by atoms with van der Waals surface area (Å²) in [7, 11) is 0. The van der Waals surface area contributed by atoms with Gasteiger partial charge in [0.2, 0.25) is 0 Å². The molecule has 2 rings (SSSR count). The molecule has 1 aliphatic rings. The van der Waals surface area contributed by atoms with Crippen molar-refractivity contribution in [3.63, 3.8) is 0 Å². The lowest BCUT2D eigenvalue weighted by atomic mass is 10.2. The average molecular weight is 265 g/mol. The summed E-state index contributed by atoms with van der Waals surface area (Å²) in [6.45, 7) is 2.09. The Morgan fingerprint density at radius 2 is 2.16 bits per heavy atom. The molecule has 0 fully saturated rings. The van der Waals surface area contributed by atoms with E-state index in [9.17, 15) is 4.79 Å². The highest BCUT2D eigenvalue weighted by Crippen LogP contribution is 2.13. The summed E-state index contributed by atoms with van der Waals surface area (Å²) in [6, 6.07) is 7.51. The molecule has 0 radical (unpaired) electrons. The van der Waals surface area contributed by atoms with Gasteiger partial charge in [-0.3, -0.25) is 9.83 Å². The zero-order valence-corrected chi connectivity index (χ0v) is 10.3. The second-order valence-electron chi connectivity index (χ2n) is 3.79. The second-order valence-corrected chi connectivity index (χ2v) is 3.79. The van der Waals surface area contributed by atoms with Crippen molar-refractivity contribution in [1.29, 1.82) is 0 Å². The Labute approximate surface area is 110 Å². The number of hydrogen-bond donors (Lipinski definition) is 3. The molecular formula is C12H15N3O4. The predicted molar refractivity (Wildman–Crippen MR) is 68.5 cm³/mol. The number of nitrogens with zero attached hydrogens (tertiary/aromatic N) is 1. The number of carbonyl (C=O) groups is 1. The van der Waals surface area contributed by atoms with E-state index in [1.807, 2.05) is 24.3 Å². The van der Waals surface area contributed by atoms with Crippen LogP contribution in [0.1, 0.15) is 5.56 Å². The minimum atomic E-state index is -1.23. The molecule has 0 saturated heterocycles. The number of amides is 1. The molecule has 0 spiro atoms. The van der Waals surface area contributed by atoms with Crippen molar-refractivity contribution < 1.29 is 19.5 Å². The normalized spacial score (nSPS) is 13.6. The second kappa shape index (κ2) is 6.60. The summed E-state index contributed by atoms with van der Waals surface area (Å²) in [4.78, 5) is 19.0. The van der Waals surface area contributed by atoms with Crippen LogP contribution in [0.5, 0.6) is 5.75 Å². The minimum Gasteiger partial charge on any atom is -0.491 e. The lowest BCUT2D eigenvalue weighted by Gasteiger charge is -2.07. The third-order valence-corrected chi connectivity index (χ3v) is 2.42. The van der Waals surface area contributed by atoms with Crippen molar-refractivity contribution in [1.82, 2.24) is 10.8 Å². The molecule has 102 valence electrons. The van der Waals surface area contributed by atoms with Crippen molar-refractivity contribution in [2.75, 3.05) is 26.3 Å². The van der Waals surface area contributed by atoms with Gasteiger partial charge in [-0.05, 0) is 24.3 Å². The first-order valence-electron chi connectivity index (χ1n) is 5.88. The van der Waals surface area contributed by atoms with Crippen molar-refractivity contribution in [3.8, 4) is 5.75 Å². The molecule has 1 amide bonds. The molecule has 0 atom stereocenters. The molecule has 0 aromatic heterocycles. The zero-order chi connectivity index (χ0) is 13.5. The molecule has 1 aliphatic heterocycles. The number of ether oxygens (including phenoxy) is 1. The van der Waals surface area contributed by atoms with Crippen LogP contribution in [0.2, 0.25) is 0 Å². The fourth-order valence-corrected chi connectivity index (χ4v) is 1.61. The van der Waals surface area contributed by atoms with Gasteiger partial charge in [0.05, 0.1) is 6.54 Å². The van der Waals surface area contributed by atoms with Crippen LogP contribution in [-0.4, -0.2) is 43.3 Å². The molecule has 3 N–H and O–H groups in total. The molecule has 7 nitrogen and oxygen atoms in total. The van der Waals surface area contributed by atoms with E-state index < -0.39 is 6.09 Å². The third kappa shape index (κ3) is 4.14. The van der Waals surface area contributed by atoms with Gasteiger partial charge in [-0.25, -0.2) is 4.79 Å². The molecule has 0 bridgehead atoms. The average Bonchev–Trinajstić information content (AvgIpc) is 2.93. The maximum absolute atomic E-state index is 10.1. The molecule has 0 saturated carbocycles. The van der Waals surface area contributed by atoms with Crippen LogP contribution in [-0.2, 0) is 4.84 Å². The quantitative estimate of drug-likeness (QED) is 0.518. The van der Waals surface area contributed by atoms with E-state index in [4.69, 9.17) is 9.84 Å². The maximum atomic E-state index is 10.1. The standard InChI is InChI=1S/C12H15N3O4/c16-12(17)15-19-8-7-18-10-3-1-9(2-4-10)11-13-5-6-14-11/h1-4,15H,5-8H2,(H,13,14)(H,16,17). The van der Waals surface area contributed by atoms with Crippen molar-refractivity contribution in [2.45, 2.75) is 0 Å². The van der Waals surface area contributed by atoms with Gasteiger partial charge >= 0.3 is 6.09 Å². The lowest BCUT2D eigenvalue weighted by molar-refractivity contribution is 0.0264. The summed E-state index contributed by atoms with van der Waals surface area (Å²) >= 11 is 0. The molecule has 1 aromatic rings. The molecule has 1 aromatic carbocycles. The number of benzene rings is 1. The number of carboxylic acid groups (broad SMARTS) is 1. The zero-order valence-electron chi connectivity index (χ0n) is 10.3. The number of aliphatic imine (C=N–C) groups is 1. The van der Waals surface area contributed by atoms with E-state index in [2.05, 4.69) is 15.1 Å². The van der Waals surface area contributed by atoms with Crippen LogP contribution >= 0.6 is 0 Å². The predicted octanol–water partition coefficient (Wildman–Crippen LogP) is 0.614. The highest BCUT2D eigenvalue weighted by atomic mass is 16.7. The maximum Gasteiger partial charge on any atom is 0.428 e. The van der Waals surface area contributed by atoms with E-state index in [0.29, 0.717) is 5.75 Å². The SMILES string of the molecule is O=C(O)NOCCOc1ccc(C2=NCCN2)cc1. The lowest BCUT2D eigenvalue weighted by Crippen LogP contribution is -2.23. The number of rotatable bonds is 6. The van der Waals surface area contributed by atoms with Crippen molar-refractivity contribution in [3.05, 3.63) is 29.8 Å². The van der Waals surface area contributed by atoms with Gasteiger partial charge in [-0.2, -0.15) is 5.48 Å². The number of hydrogen-bond acceptors (Lipinski definition) is 5. The Balaban J connectivity index is 1.74. The van der Waals surface area contributed by atoms with Gasteiger partial charge in [0.1, 0.15) is 24.8 Å². The van der Waals surface area contributed by atoms with E-state index in [0.717, 1.165) is 24.5 Å². The largest absolute Gasteiger partial charge is 0.491 e. The summed E-state index contributed by atoms with van der Waals surface area (Å²) in [5, 5.41) is 11.5.